The molecule has 6 heteroatoms. The lowest BCUT2D eigenvalue weighted by atomic mass is 10.2. The molecule has 1 amide bonds. The van der Waals surface area contributed by atoms with Gasteiger partial charge in [0.25, 0.3) is 0 Å². The third-order valence-corrected chi connectivity index (χ3v) is 4.89. The number of primary amides is 1. The van der Waals surface area contributed by atoms with Gasteiger partial charge in [0, 0.05) is 27.7 Å². The highest BCUT2D eigenvalue weighted by atomic mass is 35.5. The SMILES string of the molecule is CC(NCc1cc(C(N)=O)cs1)c1ccc(Cl)s1. The van der Waals surface area contributed by atoms with Gasteiger partial charge in [-0.15, -0.1) is 22.7 Å². The number of carbonyl (C=O) groups excluding carboxylic acids is 1. The second kappa shape index (κ2) is 5.84. The van der Waals surface area contributed by atoms with Gasteiger partial charge >= 0.3 is 0 Å². The van der Waals surface area contributed by atoms with Crippen LogP contribution in [0.1, 0.15) is 33.1 Å². The van der Waals surface area contributed by atoms with Crippen LogP contribution in [0.2, 0.25) is 4.34 Å². The number of nitrogens with two attached hydrogens (primary N) is 1. The molecule has 0 aliphatic heterocycles. The normalized spacial score (nSPS) is 12.6. The van der Waals surface area contributed by atoms with Gasteiger partial charge < -0.3 is 11.1 Å². The summed E-state index contributed by atoms with van der Waals surface area (Å²) in [6, 6.07) is 5.99. The summed E-state index contributed by atoms with van der Waals surface area (Å²) in [4.78, 5) is 13.3. The highest BCUT2D eigenvalue weighted by Crippen LogP contribution is 2.27. The van der Waals surface area contributed by atoms with Crippen molar-refractivity contribution in [2.24, 2.45) is 5.73 Å². The molecule has 0 bridgehead atoms. The fourth-order valence-corrected chi connectivity index (χ4v) is 3.43. The highest BCUT2D eigenvalue weighted by Gasteiger charge is 2.09. The first-order valence-corrected chi connectivity index (χ1v) is 7.49. The van der Waals surface area contributed by atoms with Gasteiger partial charge in [-0.25, -0.2) is 0 Å². The van der Waals surface area contributed by atoms with E-state index < -0.39 is 0 Å². The van der Waals surface area contributed by atoms with Crippen molar-refractivity contribution >= 4 is 40.2 Å². The molecule has 1 atom stereocenters. The van der Waals surface area contributed by atoms with E-state index in [0.717, 1.165) is 9.21 Å². The predicted octanol–water partition coefficient (Wildman–Crippen LogP) is 3.41. The molecule has 0 aliphatic carbocycles. The van der Waals surface area contributed by atoms with Crippen LogP contribution in [0.25, 0.3) is 0 Å². The molecule has 0 saturated heterocycles. The zero-order chi connectivity index (χ0) is 13.1. The number of hydrogen-bond donors (Lipinski definition) is 2. The molecule has 1 unspecified atom stereocenters. The molecule has 3 nitrogen and oxygen atoms in total. The Morgan fingerprint density at radius 1 is 1.56 bits per heavy atom. The van der Waals surface area contributed by atoms with Gasteiger partial charge in [-0.3, -0.25) is 4.79 Å². The summed E-state index contributed by atoms with van der Waals surface area (Å²) in [5.41, 5.74) is 5.78. The van der Waals surface area contributed by atoms with Crippen LogP contribution in [0.4, 0.5) is 0 Å². The highest BCUT2D eigenvalue weighted by molar-refractivity contribution is 7.16. The number of amides is 1. The predicted molar refractivity (Wildman–Crippen MR) is 77.4 cm³/mol. The van der Waals surface area contributed by atoms with Gasteiger partial charge in [0.1, 0.15) is 0 Å². The Kier molecular flexibility index (Phi) is 4.40. The number of hydrogen-bond acceptors (Lipinski definition) is 4. The van der Waals surface area contributed by atoms with Crippen LogP contribution >= 0.6 is 34.3 Å². The largest absolute Gasteiger partial charge is 0.366 e. The summed E-state index contributed by atoms with van der Waals surface area (Å²) < 4.78 is 0.797. The average molecular weight is 301 g/mol. The number of rotatable bonds is 5. The van der Waals surface area contributed by atoms with E-state index in [4.69, 9.17) is 17.3 Å². The zero-order valence-corrected chi connectivity index (χ0v) is 12.2. The summed E-state index contributed by atoms with van der Waals surface area (Å²) in [7, 11) is 0. The van der Waals surface area contributed by atoms with Crippen LogP contribution in [-0.2, 0) is 6.54 Å². The Morgan fingerprint density at radius 3 is 2.89 bits per heavy atom. The van der Waals surface area contributed by atoms with E-state index in [0.29, 0.717) is 12.1 Å². The molecule has 3 N–H and O–H groups in total. The summed E-state index contributed by atoms with van der Waals surface area (Å²) in [6.45, 7) is 2.80. The maximum Gasteiger partial charge on any atom is 0.249 e. The Balaban J connectivity index is 1.92. The van der Waals surface area contributed by atoms with Crippen molar-refractivity contribution < 1.29 is 4.79 Å². The third kappa shape index (κ3) is 3.32. The van der Waals surface area contributed by atoms with E-state index in [1.165, 1.54) is 16.2 Å². The molecule has 0 aromatic carbocycles. The van der Waals surface area contributed by atoms with Crippen LogP contribution in [0.5, 0.6) is 0 Å². The van der Waals surface area contributed by atoms with Crippen LogP contribution < -0.4 is 11.1 Å². The lowest BCUT2D eigenvalue weighted by Crippen LogP contribution is -2.16. The fraction of sp³-hybridized carbons (Fsp3) is 0.250. The lowest BCUT2D eigenvalue weighted by Gasteiger charge is -2.10. The monoisotopic (exact) mass is 300 g/mol. The fourth-order valence-electron chi connectivity index (χ4n) is 1.52. The quantitative estimate of drug-likeness (QED) is 0.889. The van der Waals surface area contributed by atoms with E-state index >= 15 is 0 Å². The first kappa shape index (κ1) is 13.5. The van der Waals surface area contributed by atoms with Crippen molar-refractivity contribution in [2.75, 3.05) is 0 Å². The standard InChI is InChI=1S/C12H13ClN2OS2/c1-7(10-2-3-11(13)18-10)15-5-9-4-8(6-17-9)12(14)16/h2-4,6-7,15H,5H2,1H3,(H2,14,16). The van der Waals surface area contributed by atoms with E-state index in [1.807, 2.05) is 18.2 Å². The molecule has 2 rings (SSSR count). The van der Waals surface area contributed by atoms with Gasteiger partial charge in [0.05, 0.1) is 9.90 Å². The van der Waals surface area contributed by atoms with Gasteiger partial charge in [-0.1, -0.05) is 11.6 Å². The van der Waals surface area contributed by atoms with Gasteiger partial charge in [-0.05, 0) is 25.1 Å². The lowest BCUT2D eigenvalue weighted by molar-refractivity contribution is 0.100. The van der Waals surface area contributed by atoms with Crippen LogP contribution in [-0.4, -0.2) is 5.91 Å². The molecule has 0 spiro atoms. The summed E-state index contributed by atoms with van der Waals surface area (Å²) in [6.07, 6.45) is 0. The van der Waals surface area contributed by atoms with Crippen LogP contribution in [0.15, 0.2) is 23.6 Å². The van der Waals surface area contributed by atoms with Gasteiger partial charge in [0.2, 0.25) is 5.91 Å². The third-order valence-electron chi connectivity index (χ3n) is 2.54. The van der Waals surface area contributed by atoms with E-state index in [-0.39, 0.29) is 11.9 Å². The maximum absolute atomic E-state index is 11.0. The maximum atomic E-state index is 11.0. The molecule has 18 heavy (non-hydrogen) atoms. The van der Waals surface area contributed by atoms with Crippen molar-refractivity contribution in [3.05, 3.63) is 43.2 Å². The smallest absolute Gasteiger partial charge is 0.249 e. The molecule has 0 fully saturated rings. The molecule has 0 saturated carbocycles. The molecular formula is C12H13ClN2OS2. The van der Waals surface area contributed by atoms with Crippen molar-refractivity contribution in [1.29, 1.82) is 0 Å². The summed E-state index contributed by atoms with van der Waals surface area (Å²) in [5, 5.41) is 5.17. The summed E-state index contributed by atoms with van der Waals surface area (Å²) >= 11 is 9.01. The minimum absolute atomic E-state index is 0.238. The van der Waals surface area contributed by atoms with Crippen LogP contribution in [0.3, 0.4) is 0 Å². The molecule has 96 valence electrons. The zero-order valence-electron chi connectivity index (χ0n) is 9.77. The minimum atomic E-state index is -0.379. The number of halogens is 1. The van der Waals surface area contributed by atoms with Crippen molar-refractivity contribution in [1.82, 2.24) is 5.32 Å². The van der Waals surface area contributed by atoms with Gasteiger partial charge in [-0.2, -0.15) is 0 Å². The Hall–Kier alpha value is -0.880. The molecule has 2 aromatic rings. The second-order valence-electron chi connectivity index (χ2n) is 3.91. The summed E-state index contributed by atoms with van der Waals surface area (Å²) in [5.74, 6) is -0.379. The molecule has 2 heterocycles. The Labute approximate surface area is 119 Å². The first-order chi connectivity index (χ1) is 8.56. The number of carbonyl (C=O) groups is 1. The molecular weight excluding hydrogens is 288 g/mol. The molecule has 2 aromatic heterocycles. The van der Waals surface area contributed by atoms with E-state index in [9.17, 15) is 4.79 Å². The van der Waals surface area contributed by atoms with Crippen LogP contribution in [0, 0.1) is 0 Å². The topological polar surface area (TPSA) is 55.1 Å². The van der Waals surface area contributed by atoms with Crippen molar-refractivity contribution in [3.63, 3.8) is 0 Å². The Bertz CT molecular complexity index is 550. The molecule has 0 aliphatic rings. The van der Waals surface area contributed by atoms with Crippen molar-refractivity contribution in [2.45, 2.75) is 19.5 Å². The van der Waals surface area contributed by atoms with Gasteiger partial charge in [0.15, 0.2) is 0 Å². The first-order valence-electron chi connectivity index (χ1n) is 5.42. The number of thiophene rings is 2. The minimum Gasteiger partial charge on any atom is -0.366 e. The molecule has 0 radical (unpaired) electrons. The Morgan fingerprint density at radius 2 is 2.33 bits per heavy atom. The number of nitrogens with one attached hydrogen (secondary N) is 1. The average Bonchev–Trinajstić information content (AvgIpc) is 2.94. The van der Waals surface area contributed by atoms with E-state index in [1.54, 1.807) is 16.7 Å². The van der Waals surface area contributed by atoms with Crippen molar-refractivity contribution in [3.8, 4) is 0 Å². The van der Waals surface area contributed by atoms with E-state index in [2.05, 4.69) is 12.2 Å². The second-order valence-corrected chi connectivity index (χ2v) is 6.65.